The van der Waals surface area contributed by atoms with Crippen LogP contribution in [0, 0.1) is 0 Å². The molecule has 1 aromatic heterocycles. The molecule has 0 radical (unpaired) electrons. The molecular formula is C7H7F3N2O. The number of alkyl halides is 3. The minimum Gasteiger partial charge on any atom is -0.506 e. The van der Waals surface area contributed by atoms with Gasteiger partial charge in [-0.05, 0) is 12.1 Å². The largest absolute Gasteiger partial charge is 0.506 e. The molecular weight excluding hydrogens is 185 g/mol. The van der Waals surface area contributed by atoms with Crippen LogP contribution in [-0.4, -0.2) is 16.3 Å². The Hall–Kier alpha value is -1.30. The van der Waals surface area contributed by atoms with Crippen LogP contribution >= 0.6 is 0 Å². The molecule has 0 bridgehead atoms. The second-order valence-corrected chi connectivity index (χ2v) is 2.43. The lowest BCUT2D eigenvalue weighted by Crippen LogP contribution is -2.29. The predicted molar refractivity (Wildman–Crippen MR) is 38.9 cm³/mol. The van der Waals surface area contributed by atoms with Crippen LogP contribution < -0.4 is 5.73 Å². The standard InChI is InChI=1S/C7H7F3N2O/c8-7(9,10)6(11)5-4(13)2-1-3-12-5/h1-3,6,13H,11H2. The smallest absolute Gasteiger partial charge is 0.409 e. The lowest BCUT2D eigenvalue weighted by molar-refractivity contribution is -0.150. The fourth-order valence-corrected chi connectivity index (χ4v) is 0.804. The number of halogens is 3. The molecule has 0 amide bonds. The van der Waals surface area contributed by atoms with Gasteiger partial charge in [-0.2, -0.15) is 13.2 Å². The third-order valence-electron chi connectivity index (χ3n) is 1.46. The molecule has 0 aliphatic heterocycles. The number of aromatic hydroxyl groups is 1. The van der Waals surface area contributed by atoms with Gasteiger partial charge in [-0.1, -0.05) is 0 Å². The Morgan fingerprint density at radius 2 is 2.08 bits per heavy atom. The molecule has 1 aromatic rings. The van der Waals surface area contributed by atoms with Crippen LogP contribution in [0.25, 0.3) is 0 Å². The van der Waals surface area contributed by atoms with E-state index in [1.165, 1.54) is 6.07 Å². The third kappa shape index (κ3) is 2.09. The zero-order valence-electron chi connectivity index (χ0n) is 6.42. The molecule has 0 aromatic carbocycles. The van der Waals surface area contributed by atoms with Crippen LogP contribution in [-0.2, 0) is 0 Å². The summed E-state index contributed by atoms with van der Waals surface area (Å²) >= 11 is 0. The Kier molecular flexibility index (Phi) is 2.42. The highest BCUT2D eigenvalue weighted by atomic mass is 19.4. The predicted octanol–water partition coefficient (Wildman–Crippen LogP) is 1.35. The zero-order chi connectivity index (χ0) is 10.1. The minimum atomic E-state index is -4.59. The Labute approximate surface area is 72.0 Å². The summed E-state index contributed by atoms with van der Waals surface area (Å²) in [5.41, 5.74) is 4.27. The SMILES string of the molecule is NC(c1ncccc1O)C(F)(F)F. The van der Waals surface area contributed by atoms with Gasteiger partial charge in [0.1, 0.15) is 17.5 Å². The maximum atomic E-state index is 12.0. The fourth-order valence-electron chi connectivity index (χ4n) is 0.804. The molecule has 0 aliphatic carbocycles. The third-order valence-corrected chi connectivity index (χ3v) is 1.46. The molecule has 0 fully saturated rings. The van der Waals surface area contributed by atoms with Gasteiger partial charge < -0.3 is 10.8 Å². The first-order valence-corrected chi connectivity index (χ1v) is 3.39. The van der Waals surface area contributed by atoms with Crippen molar-refractivity contribution in [3.8, 4) is 5.75 Å². The van der Waals surface area contributed by atoms with Crippen molar-refractivity contribution in [2.75, 3.05) is 0 Å². The lowest BCUT2D eigenvalue weighted by Gasteiger charge is -2.15. The second kappa shape index (κ2) is 3.21. The van der Waals surface area contributed by atoms with Gasteiger partial charge in [-0.3, -0.25) is 4.98 Å². The van der Waals surface area contributed by atoms with Crippen LogP contribution in [0.5, 0.6) is 5.75 Å². The van der Waals surface area contributed by atoms with Gasteiger partial charge in [-0.25, -0.2) is 0 Å². The molecule has 0 spiro atoms. The zero-order valence-corrected chi connectivity index (χ0v) is 6.42. The van der Waals surface area contributed by atoms with E-state index in [1.807, 2.05) is 0 Å². The van der Waals surface area contributed by atoms with E-state index in [1.54, 1.807) is 0 Å². The van der Waals surface area contributed by atoms with Crippen molar-refractivity contribution >= 4 is 0 Å². The molecule has 1 atom stereocenters. The Bertz CT molecular complexity index is 300. The van der Waals surface area contributed by atoms with E-state index in [9.17, 15) is 13.2 Å². The van der Waals surface area contributed by atoms with E-state index in [-0.39, 0.29) is 0 Å². The minimum absolute atomic E-state index is 0.549. The van der Waals surface area contributed by atoms with Crippen molar-refractivity contribution in [1.82, 2.24) is 4.98 Å². The molecule has 0 saturated heterocycles. The van der Waals surface area contributed by atoms with Crippen LogP contribution in [0.1, 0.15) is 11.7 Å². The van der Waals surface area contributed by atoms with Gasteiger partial charge in [0.25, 0.3) is 0 Å². The number of hydrogen-bond donors (Lipinski definition) is 2. The molecule has 72 valence electrons. The lowest BCUT2D eigenvalue weighted by atomic mass is 10.2. The summed E-state index contributed by atoms with van der Waals surface area (Å²) in [6.07, 6.45) is -3.45. The number of aromatic nitrogens is 1. The van der Waals surface area contributed by atoms with E-state index in [4.69, 9.17) is 10.8 Å². The molecule has 1 heterocycles. The van der Waals surface area contributed by atoms with Crippen molar-refractivity contribution in [1.29, 1.82) is 0 Å². The van der Waals surface area contributed by atoms with Crippen LogP contribution in [0.3, 0.4) is 0 Å². The first-order valence-electron chi connectivity index (χ1n) is 3.39. The van der Waals surface area contributed by atoms with E-state index < -0.39 is 23.7 Å². The Morgan fingerprint density at radius 3 is 2.54 bits per heavy atom. The first-order chi connectivity index (χ1) is 5.93. The van der Waals surface area contributed by atoms with Crippen molar-refractivity contribution < 1.29 is 18.3 Å². The summed E-state index contributed by atoms with van der Waals surface area (Å²) < 4.78 is 36.1. The van der Waals surface area contributed by atoms with E-state index >= 15 is 0 Å². The normalized spacial score (nSPS) is 14.2. The Morgan fingerprint density at radius 1 is 1.46 bits per heavy atom. The summed E-state index contributed by atoms with van der Waals surface area (Å²) in [6.45, 7) is 0. The van der Waals surface area contributed by atoms with E-state index in [0.717, 1.165) is 12.3 Å². The molecule has 0 aliphatic rings. The van der Waals surface area contributed by atoms with Crippen molar-refractivity contribution in [3.63, 3.8) is 0 Å². The average molecular weight is 192 g/mol. The van der Waals surface area contributed by atoms with E-state index in [2.05, 4.69) is 4.98 Å². The molecule has 3 nitrogen and oxygen atoms in total. The van der Waals surface area contributed by atoms with Gasteiger partial charge in [0.2, 0.25) is 0 Å². The Balaban J connectivity index is 3.02. The number of nitrogens with zero attached hydrogens (tertiary/aromatic N) is 1. The van der Waals surface area contributed by atoms with Gasteiger partial charge in [0.15, 0.2) is 0 Å². The van der Waals surface area contributed by atoms with Crippen molar-refractivity contribution in [2.24, 2.45) is 5.73 Å². The fraction of sp³-hybridized carbons (Fsp3) is 0.286. The molecule has 1 rings (SSSR count). The summed E-state index contributed by atoms with van der Waals surface area (Å²) in [6, 6.07) is 0.185. The van der Waals surface area contributed by atoms with Crippen LogP contribution in [0.15, 0.2) is 18.3 Å². The monoisotopic (exact) mass is 192 g/mol. The van der Waals surface area contributed by atoms with E-state index in [0.29, 0.717) is 0 Å². The number of rotatable bonds is 1. The van der Waals surface area contributed by atoms with Crippen molar-refractivity contribution in [3.05, 3.63) is 24.0 Å². The maximum Gasteiger partial charge on any atom is 0.409 e. The van der Waals surface area contributed by atoms with Crippen molar-refractivity contribution in [2.45, 2.75) is 12.2 Å². The molecule has 6 heteroatoms. The quantitative estimate of drug-likeness (QED) is 0.706. The summed E-state index contributed by atoms with van der Waals surface area (Å²) in [7, 11) is 0. The topological polar surface area (TPSA) is 59.1 Å². The highest BCUT2D eigenvalue weighted by molar-refractivity contribution is 5.28. The number of hydrogen-bond acceptors (Lipinski definition) is 3. The van der Waals surface area contributed by atoms with Gasteiger partial charge >= 0.3 is 6.18 Å². The average Bonchev–Trinajstić information content (AvgIpc) is 2.02. The van der Waals surface area contributed by atoms with Crippen LogP contribution in [0.2, 0.25) is 0 Å². The van der Waals surface area contributed by atoms with Gasteiger partial charge in [0, 0.05) is 6.20 Å². The van der Waals surface area contributed by atoms with Gasteiger partial charge in [0.05, 0.1) is 0 Å². The van der Waals surface area contributed by atoms with Gasteiger partial charge in [-0.15, -0.1) is 0 Å². The summed E-state index contributed by atoms with van der Waals surface area (Å²) in [5.74, 6) is -0.549. The number of nitrogens with two attached hydrogens (primary N) is 1. The highest BCUT2D eigenvalue weighted by Gasteiger charge is 2.40. The highest BCUT2D eigenvalue weighted by Crippen LogP contribution is 2.32. The number of pyridine rings is 1. The maximum absolute atomic E-state index is 12.0. The van der Waals surface area contributed by atoms with Crippen LogP contribution in [0.4, 0.5) is 13.2 Å². The molecule has 0 saturated carbocycles. The summed E-state index contributed by atoms with van der Waals surface area (Å²) in [4.78, 5) is 3.35. The second-order valence-electron chi connectivity index (χ2n) is 2.43. The summed E-state index contributed by atoms with van der Waals surface area (Å²) in [5, 5.41) is 9.00. The molecule has 3 N–H and O–H groups in total. The first kappa shape index (κ1) is 9.79. The molecule has 1 unspecified atom stereocenters. The molecule has 13 heavy (non-hydrogen) atoms.